The van der Waals surface area contributed by atoms with Crippen LogP contribution in [0.15, 0.2) is 77.9 Å². The highest BCUT2D eigenvalue weighted by molar-refractivity contribution is 6.05. The number of nitrogens with two attached hydrogens (primary N) is 2. The van der Waals surface area contributed by atoms with Crippen LogP contribution in [0.3, 0.4) is 0 Å². The molecule has 0 atom stereocenters. The molecule has 0 saturated carbocycles. The second-order valence-corrected chi connectivity index (χ2v) is 6.53. The summed E-state index contributed by atoms with van der Waals surface area (Å²) < 4.78 is 40.6. The van der Waals surface area contributed by atoms with E-state index in [9.17, 15) is 13.2 Å². The van der Waals surface area contributed by atoms with Gasteiger partial charge in [0, 0.05) is 28.4 Å². The molecule has 0 aliphatic heterocycles. The third-order valence-corrected chi connectivity index (χ3v) is 4.55. The number of amidine groups is 1. The summed E-state index contributed by atoms with van der Waals surface area (Å²) in [5.74, 6) is 0.138. The summed E-state index contributed by atoms with van der Waals surface area (Å²) >= 11 is 0. The average molecular weight is 407 g/mol. The molecule has 4 aromatic rings. The second kappa shape index (κ2) is 7.47. The fraction of sp³-hybridized carbons (Fsp3) is 0.0455. The standard InChI is InChI=1S/C22H16F3N5/c23-22(24,25)16-9-3-1-6-13(16)18-12-19(15-8-5-11-28-21(15)30-18)29-20(27)14-7-2-4-10-17(14)26/h1-12H,26H2,(H2,27,28,29,30). The molecule has 0 spiro atoms. The van der Waals surface area contributed by atoms with Gasteiger partial charge in [-0.25, -0.2) is 15.0 Å². The molecule has 4 N–H and O–H groups in total. The van der Waals surface area contributed by atoms with Crippen molar-refractivity contribution < 1.29 is 13.2 Å². The molecule has 0 amide bonds. The lowest BCUT2D eigenvalue weighted by atomic mass is 10.0. The Bertz CT molecular complexity index is 1270. The Kier molecular flexibility index (Phi) is 4.83. The molecular weight excluding hydrogens is 391 g/mol. The molecule has 8 heteroatoms. The molecule has 0 unspecified atom stereocenters. The number of benzene rings is 2. The molecule has 4 rings (SSSR count). The third-order valence-electron chi connectivity index (χ3n) is 4.55. The van der Waals surface area contributed by atoms with E-state index < -0.39 is 11.7 Å². The number of alkyl halides is 3. The number of fused-ring (bicyclic) bond motifs is 1. The zero-order valence-corrected chi connectivity index (χ0v) is 15.6. The van der Waals surface area contributed by atoms with Crippen LogP contribution in [0.5, 0.6) is 0 Å². The van der Waals surface area contributed by atoms with Crippen molar-refractivity contribution in [3.05, 3.63) is 84.1 Å². The van der Waals surface area contributed by atoms with Crippen molar-refractivity contribution in [2.75, 3.05) is 5.73 Å². The van der Waals surface area contributed by atoms with E-state index >= 15 is 0 Å². The monoisotopic (exact) mass is 407 g/mol. The number of anilines is 1. The maximum absolute atomic E-state index is 13.5. The van der Waals surface area contributed by atoms with E-state index in [0.29, 0.717) is 22.3 Å². The first kappa shape index (κ1) is 19.4. The summed E-state index contributed by atoms with van der Waals surface area (Å²) in [6.07, 6.45) is -3.01. The Labute approximate surface area is 169 Å². The Morgan fingerprint density at radius 1 is 0.933 bits per heavy atom. The molecule has 5 nitrogen and oxygen atoms in total. The van der Waals surface area contributed by atoms with Gasteiger partial charge in [-0.05, 0) is 36.4 Å². The summed E-state index contributed by atoms with van der Waals surface area (Å²) in [6, 6.07) is 17.1. The Morgan fingerprint density at radius 2 is 1.67 bits per heavy atom. The number of nitrogen functional groups attached to an aromatic ring is 1. The average Bonchev–Trinajstić information content (AvgIpc) is 2.73. The molecule has 0 radical (unpaired) electrons. The van der Waals surface area contributed by atoms with Crippen LogP contribution in [0.1, 0.15) is 11.1 Å². The van der Waals surface area contributed by atoms with Gasteiger partial charge in [-0.3, -0.25) is 0 Å². The lowest BCUT2D eigenvalue weighted by Gasteiger charge is -2.13. The van der Waals surface area contributed by atoms with Crippen LogP contribution in [0.2, 0.25) is 0 Å². The van der Waals surface area contributed by atoms with Crippen molar-refractivity contribution in [1.29, 1.82) is 0 Å². The smallest absolute Gasteiger partial charge is 0.398 e. The molecular formula is C22H16F3N5. The summed E-state index contributed by atoms with van der Waals surface area (Å²) in [7, 11) is 0. The number of aliphatic imine (C=N–C) groups is 1. The molecule has 150 valence electrons. The van der Waals surface area contributed by atoms with Gasteiger partial charge >= 0.3 is 6.18 Å². The van der Waals surface area contributed by atoms with Gasteiger partial charge in [-0.15, -0.1) is 0 Å². The highest BCUT2D eigenvalue weighted by Crippen LogP contribution is 2.38. The Morgan fingerprint density at radius 3 is 2.43 bits per heavy atom. The van der Waals surface area contributed by atoms with Gasteiger partial charge in [0.15, 0.2) is 5.65 Å². The molecule has 0 bridgehead atoms. The third kappa shape index (κ3) is 3.67. The first-order valence-electron chi connectivity index (χ1n) is 8.96. The van der Waals surface area contributed by atoms with Crippen LogP contribution in [0.4, 0.5) is 24.5 Å². The van der Waals surface area contributed by atoms with Crippen molar-refractivity contribution in [2.24, 2.45) is 10.7 Å². The van der Waals surface area contributed by atoms with E-state index in [-0.39, 0.29) is 22.7 Å². The topological polar surface area (TPSA) is 90.2 Å². The van der Waals surface area contributed by atoms with Gasteiger partial charge in [0.1, 0.15) is 5.84 Å². The van der Waals surface area contributed by atoms with Gasteiger partial charge in [0.05, 0.1) is 16.9 Å². The highest BCUT2D eigenvalue weighted by atomic mass is 19.4. The number of aromatic nitrogens is 2. The molecule has 0 aliphatic rings. The maximum atomic E-state index is 13.5. The van der Waals surface area contributed by atoms with Crippen LogP contribution in [-0.4, -0.2) is 15.8 Å². The molecule has 0 aliphatic carbocycles. The van der Waals surface area contributed by atoms with E-state index in [2.05, 4.69) is 15.0 Å². The van der Waals surface area contributed by atoms with E-state index in [0.717, 1.165) is 6.07 Å². The summed E-state index contributed by atoms with van der Waals surface area (Å²) in [5.41, 5.74) is 13.0. The normalized spacial score (nSPS) is 12.3. The van der Waals surface area contributed by atoms with Crippen LogP contribution in [0.25, 0.3) is 22.3 Å². The summed E-state index contributed by atoms with van der Waals surface area (Å²) in [5, 5.41) is 0.559. The minimum absolute atomic E-state index is 0.0631. The number of rotatable bonds is 3. The largest absolute Gasteiger partial charge is 0.417 e. The van der Waals surface area contributed by atoms with Crippen molar-refractivity contribution in [3.63, 3.8) is 0 Å². The number of para-hydroxylation sites is 1. The zero-order chi connectivity index (χ0) is 21.3. The number of nitrogens with zero attached hydrogens (tertiary/aromatic N) is 3. The summed E-state index contributed by atoms with van der Waals surface area (Å²) in [4.78, 5) is 13.0. The fourth-order valence-electron chi connectivity index (χ4n) is 3.14. The molecule has 2 aromatic heterocycles. The zero-order valence-electron chi connectivity index (χ0n) is 15.6. The molecule has 0 fully saturated rings. The lowest BCUT2D eigenvalue weighted by molar-refractivity contribution is -0.137. The van der Waals surface area contributed by atoms with E-state index in [1.54, 1.807) is 36.4 Å². The van der Waals surface area contributed by atoms with Crippen LogP contribution < -0.4 is 11.5 Å². The molecule has 2 heterocycles. The van der Waals surface area contributed by atoms with E-state index in [1.807, 2.05) is 0 Å². The minimum atomic E-state index is -4.53. The first-order valence-corrected chi connectivity index (χ1v) is 8.96. The Balaban J connectivity index is 1.95. The van der Waals surface area contributed by atoms with Gasteiger partial charge < -0.3 is 11.5 Å². The highest BCUT2D eigenvalue weighted by Gasteiger charge is 2.33. The van der Waals surface area contributed by atoms with Gasteiger partial charge in [0.25, 0.3) is 0 Å². The van der Waals surface area contributed by atoms with Crippen molar-refractivity contribution >= 4 is 28.2 Å². The van der Waals surface area contributed by atoms with Crippen molar-refractivity contribution in [3.8, 4) is 11.3 Å². The predicted octanol–water partition coefficient (Wildman–Crippen LogP) is 4.93. The van der Waals surface area contributed by atoms with Crippen LogP contribution in [0, 0.1) is 0 Å². The quantitative estimate of drug-likeness (QED) is 0.286. The van der Waals surface area contributed by atoms with Gasteiger partial charge in [-0.2, -0.15) is 13.2 Å². The van der Waals surface area contributed by atoms with Crippen molar-refractivity contribution in [1.82, 2.24) is 9.97 Å². The predicted molar refractivity (Wildman–Crippen MR) is 111 cm³/mol. The number of pyridine rings is 2. The lowest BCUT2D eigenvalue weighted by Crippen LogP contribution is -2.15. The van der Waals surface area contributed by atoms with Gasteiger partial charge in [0.2, 0.25) is 0 Å². The van der Waals surface area contributed by atoms with Crippen LogP contribution in [-0.2, 0) is 6.18 Å². The fourth-order valence-corrected chi connectivity index (χ4v) is 3.14. The SMILES string of the molecule is NC(=Nc1cc(-c2ccccc2C(F)(F)F)nc2ncccc12)c1ccccc1N. The molecule has 2 aromatic carbocycles. The van der Waals surface area contributed by atoms with E-state index in [1.165, 1.54) is 30.5 Å². The van der Waals surface area contributed by atoms with E-state index in [4.69, 9.17) is 11.5 Å². The van der Waals surface area contributed by atoms with Gasteiger partial charge in [-0.1, -0.05) is 30.3 Å². The Hall–Kier alpha value is -3.94. The maximum Gasteiger partial charge on any atom is 0.417 e. The number of hydrogen-bond donors (Lipinski definition) is 2. The molecule has 30 heavy (non-hydrogen) atoms. The van der Waals surface area contributed by atoms with Crippen molar-refractivity contribution in [2.45, 2.75) is 6.18 Å². The minimum Gasteiger partial charge on any atom is -0.398 e. The number of hydrogen-bond acceptors (Lipinski definition) is 4. The van der Waals surface area contributed by atoms with Crippen LogP contribution >= 0.6 is 0 Å². The second-order valence-electron chi connectivity index (χ2n) is 6.53. The summed E-state index contributed by atoms with van der Waals surface area (Å²) in [6.45, 7) is 0. The number of halogens is 3. The first-order chi connectivity index (χ1) is 14.3. The molecule has 0 saturated heterocycles.